The lowest BCUT2D eigenvalue weighted by molar-refractivity contribution is 0.111. The van der Waals surface area contributed by atoms with Crippen molar-refractivity contribution in [3.05, 3.63) is 29.6 Å². The van der Waals surface area contributed by atoms with Gasteiger partial charge >= 0.3 is 0 Å². The second-order valence-corrected chi connectivity index (χ2v) is 3.87. The van der Waals surface area contributed by atoms with Gasteiger partial charge in [-0.25, -0.2) is 0 Å². The van der Waals surface area contributed by atoms with Crippen molar-refractivity contribution in [2.45, 2.75) is 45.4 Å². The summed E-state index contributed by atoms with van der Waals surface area (Å²) < 4.78 is 0. The predicted molar refractivity (Wildman–Crippen MR) is 62.2 cm³/mol. The van der Waals surface area contributed by atoms with E-state index in [0.717, 1.165) is 37.5 Å². The Hall–Kier alpha value is -1.18. The van der Waals surface area contributed by atoms with Gasteiger partial charge in [0.25, 0.3) is 0 Å². The molecule has 2 nitrogen and oxygen atoms in total. The number of aromatic nitrogens is 1. The fourth-order valence-electron chi connectivity index (χ4n) is 2.03. The fraction of sp³-hybridized carbons (Fsp3) is 0.538. The van der Waals surface area contributed by atoms with E-state index in [1.54, 1.807) is 6.20 Å². The number of aldehydes is 1. The molecular weight excluding hydrogens is 186 g/mol. The summed E-state index contributed by atoms with van der Waals surface area (Å²) in [6.07, 6.45) is 7.13. The molecular formula is C13H19NO. The zero-order chi connectivity index (χ0) is 11.1. The zero-order valence-corrected chi connectivity index (χ0v) is 9.57. The minimum atomic E-state index is 0.494. The highest BCUT2D eigenvalue weighted by Gasteiger charge is 2.13. The Bertz CT molecular complexity index is 303. The maximum absolute atomic E-state index is 10.9. The van der Waals surface area contributed by atoms with Gasteiger partial charge in [0.2, 0.25) is 0 Å². The van der Waals surface area contributed by atoms with Crippen LogP contribution in [0.2, 0.25) is 0 Å². The molecule has 1 heterocycles. The molecule has 0 bridgehead atoms. The third kappa shape index (κ3) is 3.15. The van der Waals surface area contributed by atoms with Crippen molar-refractivity contribution in [3.63, 3.8) is 0 Å². The van der Waals surface area contributed by atoms with Crippen LogP contribution in [0.25, 0.3) is 0 Å². The number of carbonyl (C=O) groups excluding carboxylic acids is 1. The standard InChI is InChI=1S/C13H19NO/c1-3-6-11(7-4-2)12-8-5-9-14-13(12)10-15/h5,8-11H,3-4,6-7H2,1-2H3. The first-order valence-electron chi connectivity index (χ1n) is 5.73. The Morgan fingerprint density at radius 2 is 2.00 bits per heavy atom. The summed E-state index contributed by atoms with van der Waals surface area (Å²) >= 11 is 0. The average Bonchev–Trinajstić information content (AvgIpc) is 2.29. The molecule has 0 saturated heterocycles. The second kappa shape index (κ2) is 6.33. The molecule has 1 rings (SSSR count). The molecule has 1 aromatic heterocycles. The Labute approximate surface area is 91.7 Å². The van der Waals surface area contributed by atoms with Crippen molar-refractivity contribution in [2.75, 3.05) is 0 Å². The van der Waals surface area contributed by atoms with Gasteiger partial charge in [-0.05, 0) is 30.4 Å². The lowest BCUT2D eigenvalue weighted by atomic mass is 9.89. The molecule has 0 fully saturated rings. The molecule has 0 radical (unpaired) electrons. The van der Waals surface area contributed by atoms with E-state index in [-0.39, 0.29) is 0 Å². The van der Waals surface area contributed by atoms with Crippen molar-refractivity contribution >= 4 is 6.29 Å². The van der Waals surface area contributed by atoms with Crippen LogP contribution < -0.4 is 0 Å². The summed E-state index contributed by atoms with van der Waals surface area (Å²) in [7, 11) is 0. The fourth-order valence-corrected chi connectivity index (χ4v) is 2.03. The first kappa shape index (κ1) is 11.9. The SMILES string of the molecule is CCCC(CCC)c1cccnc1C=O. The van der Waals surface area contributed by atoms with Gasteiger partial charge in [0.1, 0.15) is 5.69 Å². The Morgan fingerprint density at radius 1 is 1.33 bits per heavy atom. The summed E-state index contributed by atoms with van der Waals surface area (Å²) in [6.45, 7) is 4.36. The molecule has 0 saturated carbocycles. The maximum Gasteiger partial charge on any atom is 0.168 e. The Kier molecular flexibility index (Phi) is 5.02. The van der Waals surface area contributed by atoms with Crippen LogP contribution in [0, 0.1) is 0 Å². The third-order valence-corrected chi connectivity index (χ3v) is 2.70. The highest BCUT2D eigenvalue weighted by molar-refractivity contribution is 5.74. The summed E-state index contributed by atoms with van der Waals surface area (Å²) in [5.41, 5.74) is 1.74. The van der Waals surface area contributed by atoms with Crippen LogP contribution in [-0.4, -0.2) is 11.3 Å². The van der Waals surface area contributed by atoms with Crippen molar-refractivity contribution in [1.29, 1.82) is 0 Å². The van der Waals surface area contributed by atoms with Gasteiger partial charge in [-0.1, -0.05) is 32.8 Å². The van der Waals surface area contributed by atoms with Crippen LogP contribution in [0.15, 0.2) is 18.3 Å². The van der Waals surface area contributed by atoms with Gasteiger partial charge in [0, 0.05) is 6.20 Å². The molecule has 0 aliphatic carbocycles. The number of rotatable bonds is 6. The monoisotopic (exact) mass is 205 g/mol. The maximum atomic E-state index is 10.9. The molecule has 0 unspecified atom stereocenters. The largest absolute Gasteiger partial charge is 0.296 e. The highest BCUT2D eigenvalue weighted by atomic mass is 16.1. The lowest BCUT2D eigenvalue weighted by Crippen LogP contribution is -2.04. The van der Waals surface area contributed by atoms with E-state index in [1.807, 2.05) is 12.1 Å². The Morgan fingerprint density at radius 3 is 2.53 bits per heavy atom. The highest BCUT2D eigenvalue weighted by Crippen LogP contribution is 2.27. The molecule has 0 aromatic carbocycles. The molecule has 1 aromatic rings. The van der Waals surface area contributed by atoms with Crippen molar-refractivity contribution in [3.8, 4) is 0 Å². The molecule has 82 valence electrons. The summed E-state index contributed by atoms with van der Waals surface area (Å²) in [6, 6.07) is 3.95. The van der Waals surface area contributed by atoms with E-state index in [0.29, 0.717) is 11.6 Å². The number of hydrogen-bond acceptors (Lipinski definition) is 2. The third-order valence-electron chi connectivity index (χ3n) is 2.70. The van der Waals surface area contributed by atoms with Gasteiger partial charge in [0.05, 0.1) is 0 Å². The van der Waals surface area contributed by atoms with Gasteiger partial charge in [-0.2, -0.15) is 0 Å². The van der Waals surface area contributed by atoms with Crippen LogP contribution in [0.4, 0.5) is 0 Å². The van der Waals surface area contributed by atoms with Crippen LogP contribution in [0.1, 0.15) is 61.5 Å². The van der Waals surface area contributed by atoms with Crippen molar-refractivity contribution < 1.29 is 4.79 Å². The van der Waals surface area contributed by atoms with Gasteiger partial charge in [0.15, 0.2) is 6.29 Å². The molecule has 0 N–H and O–H groups in total. The Balaban J connectivity index is 2.92. The van der Waals surface area contributed by atoms with Crippen LogP contribution >= 0.6 is 0 Å². The van der Waals surface area contributed by atoms with E-state index in [4.69, 9.17) is 0 Å². The van der Waals surface area contributed by atoms with E-state index in [1.165, 1.54) is 0 Å². The first-order valence-corrected chi connectivity index (χ1v) is 5.73. The van der Waals surface area contributed by atoms with Crippen LogP contribution in [0.3, 0.4) is 0 Å². The molecule has 0 amide bonds. The van der Waals surface area contributed by atoms with Crippen molar-refractivity contribution in [1.82, 2.24) is 4.98 Å². The number of nitrogens with zero attached hydrogens (tertiary/aromatic N) is 1. The second-order valence-electron chi connectivity index (χ2n) is 3.87. The van der Waals surface area contributed by atoms with Gasteiger partial charge < -0.3 is 0 Å². The summed E-state index contributed by atoms with van der Waals surface area (Å²) in [4.78, 5) is 15.0. The normalized spacial score (nSPS) is 10.6. The quantitative estimate of drug-likeness (QED) is 0.664. The van der Waals surface area contributed by atoms with Crippen LogP contribution in [-0.2, 0) is 0 Å². The number of carbonyl (C=O) groups is 1. The van der Waals surface area contributed by atoms with Gasteiger partial charge in [-0.15, -0.1) is 0 Å². The number of pyridine rings is 1. The van der Waals surface area contributed by atoms with E-state index < -0.39 is 0 Å². The van der Waals surface area contributed by atoms with E-state index in [9.17, 15) is 4.79 Å². The van der Waals surface area contributed by atoms with E-state index >= 15 is 0 Å². The zero-order valence-electron chi connectivity index (χ0n) is 9.57. The molecule has 15 heavy (non-hydrogen) atoms. The van der Waals surface area contributed by atoms with E-state index in [2.05, 4.69) is 18.8 Å². The molecule has 0 atom stereocenters. The number of hydrogen-bond donors (Lipinski definition) is 0. The molecule has 2 heteroatoms. The van der Waals surface area contributed by atoms with Crippen LogP contribution in [0.5, 0.6) is 0 Å². The summed E-state index contributed by atoms with van der Waals surface area (Å²) in [5, 5.41) is 0. The molecule has 0 spiro atoms. The minimum Gasteiger partial charge on any atom is -0.296 e. The molecule has 0 aliphatic heterocycles. The van der Waals surface area contributed by atoms with Gasteiger partial charge in [-0.3, -0.25) is 9.78 Å². The van der Waals surface area contributed by atoms with Crippen molar-refractivity contribution in [2.24, 2.45) is 0 Å². The predicted octanol–water partition coefficient (Wildman–Crippen LogP) is 3.58. The molecule has 0 aliphatic rings. The average molecular weight is 205 g/mol. The smallest absolute Gasteiger partial charge is 0.168 e. The minimum absolute atomic E-state index is 0.494. The summed E-state index contributed by atoms with van der Waals surface area (Å²) in [5.74, 6) is 0.494. The first-order chi connectivity index (χ1) is 7.33. The lowest BCUT2D eigenvalue weighted by Gasteiger charge is -2.16. The topological polar surface area (TPSA) is 30.0 Å².